The molecule has 1 aromatic carbocycles. The quantitative estimate of drug-likeness (QED) is 0.799. The van der Waals surface area contributed by atoms with Gasteiger partial charge in [0.05, 0.1) is 17.8 Å². The number of ether oxygens (including phenoxy) is 1. The van der Waals surface area contributed by atoms with Crippen molar-refractivity contribution in [3.63, 3.8) is 0 Å². The van der Waals surface area contributed by atoms with E-state index in [9.17, 15) is 14.3 Å². The van der Waals surface area contributed by atoms with E-state index in [1.807, 2.05) is 0 Å². The summed E-state index contributed by atoms with van der Waals surface area (Å²) >= 11 is 6.44. The molecule has 8 heteroatoms. The zero-order valence-corrected chi connectivity index (χ0v) is 15.5. The van der Waals surface area contributed by atoms with Crippen molar-refractivity contribution >= 4 is 17.3 Å². The number of hydrogen-bond acceptors (Lipinski definition) is 4. The number of aliphatic hydroxyl groups excluding tert-OH is 1. The van der Waals surface area contributed by atoms with E-state index in [1.165, 1.54) is 12.1 Å². The molecule has 2 atom stereocenters. The summed E-state index contributed by atoms with van der Waals surface area (Å²) in [6, 6.07) is 2.69. The molecule has 2 aliphatic rings. The summed E-state index contributed by atoms with van der Waals surface area (Å²) < 4.78 is 23.8. The van der Waals surface area contributed by atoms with Crippen molar-refractivity contribution in [3.05, 3.63) is 33.5 Å². The van der Waals surface area contributed by atoms with Crippen molar-refractivity contribution in [1.29, 1.82) is 0 Å². The molecule has 0 amide bonds. The Labute approximate surface area is 160 Å². The fraction of sp³-hybridized carbons (Fsp3) is 0.421. The third kappa shape index (κ3) is 2.71. The van der Waals surface area contributed by atoms with Gasteiger partial charge in [-0.1, -0.05) is 17.5 Å². The first-order valence-electron chi connectivity index (χ1n) is 8.82. The maximum atomic E-state index is 14.9. The third-order valence-electron chi connectivity index (χ3n) is 5.10. The standard InChI is InChI=1S/C19H19ClFN3O3/c1-3-6-22-14-9-12(13(21)10-15(14)27-11(2)18(22)25)16-17(20)23-7-4-5-8-24(23)19(16)26/h1,9-11,18,25H,4-8H2,2H3. The molecule has 0 fully saturated rings. The van der Waals surface area contributed by atoms with Gasteiger partial charge < -0.3 is 14.7 Å². The lowest BCUT2D eigenvalue weighted by atomic mass is 10.0. The van der Waals surface area contributed by atoms with Crippen LogP contribution in [-0.4, -0.2) is 33.3 Å². The lowest BCUT2D eigenvalue weighted by Crippen LogP contribution is -2.48. The fourth-order valence-electron chi connectivity index (χ4n) is 3.74. The van der Waals surface area contributed by atoms with E-state index >= 15 is 0 Å². The molecule has 4 rings (SSSR count). The molecule has 142 valence electrons. The maximum Gasteiger partial charge on any atom is 0.276 e. The highest BCUT2D eigenvalue weighted by Gasteiger charge is 2.34. The summed E-state index contributed by atoms with van der Waals surface area (Å²) in [5, 5.41) is 10.6. The van der Waals surface area contributed by atoms with Crippen LogP contribution in [0.25, 0.3) is 11.1 Å². The topological polar surface area (TPSA) is 59.6 Å². The Hall–Kier alpha value is -2.43. The molecule has 2 aromatic rings. The van der Waals surface area contributed by atoms with Crippen molar-refractivity contribution < 1.29 is 14.2 Å². The third-order valence-corrected chi connectivity index (χ3v) is 5.49. The number of rotatable bonds is 2. The number of anilines is 1. The average Bonchev–Trinajstić information content (AvgIpc) is 2.90. The summed E-state index contributed by atoms with van der Waals surface area (Å²) in [5.74, 6) is 2.14. The van der Waals surface area contributed by atoms with Crippen molar-refractivity contribution in [3.8, 4) is 29.2 Å². The first-order valence-corrected chi connectivity index (χ1v) is 9.19. The molecular formula is C19H19ClFN3O3. The molecule has 2 unspecified atom stereocenters. The zero-order chi connectivity index (χ0) is 19.3. The fourth-order valence-corrected chi connectivity index (χ4v) is 4.10. The van der Waals surface area contributed by atoms with Gasteiger partial charge in [0.2, 0.25) is 0 Å². The van der Waals surface area contributed by atoms with Gasteiger partial charge in [0, 0.05) is 24.7 Å². The molecule has 2 aliphatic heterocycles. The highest BCUT2D eigenvalue weighted by Crippen LogP contribution is 2.41. The Bertz CT molecular complexity index is 1010. The predicted octanol–water partition coefficient (Wildman–Crippen LogP) is 2.44. The second kappa shape index (κ2) is 6.63. The van der Waals surface area contributed by atoms with Gasteiger partial charge in [-0.3, -0.25) is 9.48 Å². The Morgan fingerprint density at radius 3 is 2.74 bits per heavy atom. The molecule has 6 nitrogen and oxygen atoms in total. The van der Waals surface area contributed by atoms with E-state index in [4.69, 9.17) is 22.8 Å². The minimum absolute atomic E-state index is 0.0746. The van der Waals surface area contributed by atoms with Crippen LogP contribution in [0.3, 0.4) is 0 Å². The summed E-state index contributed by atoms with van der Waals surface area (Å²) in [5.41, 5.74) is 0.297. The van der Waals surface area contributed by atoms with Gasteiger partial charge in [-0.25, -0.2) is 9.07 Å². The molecule has 1 N–H and O–H groups in total. The van der Waals surface area contributed by atoms with Crippen LogP contribution < -0.4 is 15.2 Å². The zero-order valence-electron chi connectivity index (χ0n) is 14.8. The molecular weight excluding hydrogens is 373 g/mol. The number of nitrogens with zero attached hydrogens (tertiary/aromatic N) is 3. The molecule has 0 spiro atoms. The van der Waals surface area contributed by atoms with Gasteiger partial charge in [0.1, 0.15) is 22.8 Å². The normalized spacial score (nSPS) is 21.2. The second-order valence-corrected chi connectivity index (χ2v) is 7.15. The largest absolute Gasteiger partial charge is 0.484 e. The van der Waals surface area contributed by atoms with Crippen LogP contribution in [0.15, 0.2) is 16.9 Å². The Balaban J connectivity index is 1.91. The molecule has 1 aromatic heterocycles. The minimum atomic E-state index is -0.981. The summed E-state index contributed by atoms with van der Waals surface area (Å²) in [7, 11) is 0. The van der Waals surface area contributed by atoms with E-state index in [2.05, 4.69) is 5.92 Å². The van der Waals surface area contributed by atoms with Gasteiger partial charge in [-0.05, 0) is 25.8 Å². The van der Waals surface area contributed by atoms with E-state index in [0.29, 0.717) is 18.8 Å². The summed E-state index contributed by atoms with van der Waals surface area (Å²) in [4.78, 5) is 14.4. The second-order valence-electron chi connectivity index (χ2n) is 6.79. The van der Waals surface area contributed by atoms with Crippen LogP contribution in [0.1, 0.15) is 19.8 Å². The number of aromatic nitrogens is 2. The van der Waals surface area contributed by atoms with Crippen LogP contribution in [0, 0.1) is 18.2 Å². The van der Waals surface area contributed by atoms with Crippen molar-refractivity contribution in [2.24, 2.45) is 0 Å². The number of aliphatic hydroxyl groups is 1. The number of fused-ring (bicyclic) bond motifs is 2. The first-order chi connectivity index (χ1) is 12.9. The van der Waals surface area contributed by atoms with Gasteiger partial charge in [0.25, 0.3) is 5.56 Å². The highest BCUT2D eigenvalue weighted by atomic mass is 35.5. The highest BCUT2D eigenvalue weighted by molar-refractivity contribution is 6.32. The number of terminal acetylenes is 1. The van der Waals surface area contributed by atoms with E-state index in [-0.39, 0.29) is 34.1 Å². The van der Waals surface area contributed by atoms with Crippen molar-refractivity contribution in [1.82, 2.24) is 9.36 Å². The molecule has 0 radical (unpaired) electrons. The van der Waals surface area contributed by atoms with Crippen LogP contribution in [-0.2, 0) is 13.1 Å². The van der Waals surface area contributed by atoms with E-state index < -0.39 is 18.1 Å². The number of hydrogen-bond donors (Lipinski definition) is 1. The Kier molecular flexibility index (Phi) is 4.41. The van der Waals surface area contributed by atoms with Crippen LogP contribution in [0.2, 0.25) is 5.15 Å². The van der Waals surface area contributed by atoms with Crippen LogP contribution in [0.4, 0.5) is 10.1 Å². The predicted molar refractivity (Wildman–Crippen MR) is 101 cm³/mol. The maximum absolute atomic E-state index is 14.9. The Morgan fingerprint density at radius 2 is 2.07 bits per heavy atom. The Morgan fingerprint density at radius 1 is 1.37 bits per heavy atom. The van der Waals surface area contributed by atoms with Gasteiger partial charge >= 0.3 is 0 Å². The lowest BCUT2D eigenvalue weighted by molar-refractivity contribution is 0.0344. The van der Waals surface area contributed by atoms with Crippen LogP contribution >= 0.6 is 11.6 Å². The summed E-state index contributed by atoms with van der Waals surface area (Å²) in [6.07, 6.45) is 5.65. The minimum Gasteiger partial charge on any atom is -0.484 e. The SMILES string of the molecule is C#CCN1c2cc(-c3c(Cl)n4n(c3=O)CCCC4)c(F)cc2OC(C)C1O. The molecule has 3 heterocycles. The van der Waals surface area contributed by atoms with E-state index in [0.717, 1.165) is 12.8 Å². The molecule has 0 saturated heterocycles. The number of halogens is 2. The monoisotopic (exact) mass is 391 g/mol. The van der Waals surface area contributed by atoms with Crippen molar-refractivity contribution in [2.75, 3.05) is 11.4 Å². The van der Waals surface area contributed by atoms with Gasteiger partial charge in [-0.2, -0.15) is 0 Å². The molecule has 27 heavy (non-hydrogen) atoms. The van der Waals surface area contributed by atoms with Crippen molar-refractivity contribution in [2.45, 2.75) is 45.2 Å². The summed E-state index contributed by atoms with van der Waals surface area (Å²) in [6.45, 7) is 2.96. The van der Waals surface area contributed by atoms with Crippen LogP contribution in [0.5, 0.6) is 5.75 Å². The van der Waals surface area contributed by atoms with Gasteiger partial charge in [0.15, 0.2) is 6.23 Å². The first kappa shape index (κ1) is 18.0. The van der Waals surface area contributed by atoms with E-state index in [1.54, 1.807) is 21.2 Å². The lowest BCUT2D eigenvalue weighted by Gasteiger charge is -2.38. The van der Waals surface area contributed by atoms with Gasteiger partial charge in [-0.15, -0.1) is 6.42 Å². The number of benzene rings is 1. The average molecular weight is 392 g/mol. The molecule has 0 bridgehead atoms. The smallest absolute Gasteiger partial charge is 0.276 e. The molecule has 0 aliphatic carbocycles. The molecule has 0 saturated carbocycles.